The zero-order chi connectivity index (χ0) is 13.3. The lowest BCUT2D eigenvalue weighted by molar-refractivity contribution is -0.118. The first-order valence-corrected chi connectivity index (χ1v) is 6.15. The van der Waals surface area contributed by atoms with Gasteiger partial charge in [0.05, 0.1) is 5.41 Å². The number of hydrogen-bond donors (Lipinski definition) is 0. The SMILES string of the molecule is CC(C)C1=CC(=O)C(C)(c2ccc(F)cc2)C=C1. The van der Waals surface area contributed by atoms with E-state index < -0.39 is 5.41 Å². The number of hydrogen-bond acceptors (Lipinski definition) is 1. The van der Waals surface area contributed by atoms with Gasteiger partial charge in [0, 0.05) is 0 Å². The van der Waals surface area contributed by atoms with Gasteiger partial charge < -0.3 is 0 Å². The number of rotatable bonds is 2. The first-order valence-electron chi connectivity index (χ1n) is 6.15. The van der Waals surface area contributed by atoms with Crippen LogP contribution >= 0.6 is 0 Å². The summed E-state index contributed by atoms with van der Waals surface area (Å²) in [6.45, 7) is 5.99. The lowest BCUT2D eigenvalue weighted by Gasteiger charge is -2.27. The largest absolute Gasteiger partial charge is 0.293 e. The molecular weight excluding hydrogens is 227 g/mol. The molecule has 18 heavy (non-hydrogen) atoms. The van der Waals surface area contributed by atoms with Crippen LogP contribution in [0.2, 0.25) is 0 Å². The van der Waals surface area contributed by atoms with E-state index in [0.717, 1.165) is 11.1 Å². The van der Waals surface area contributed by atoms with Crippen molar-refractivity contribution in [2.45, 2.75) is 26.2 Å². The van der Waals surface area contributed by atoms with Crippen molar-refractivity contribution in [1.82, 2.24) is 0 Å². The number of carbonyl (C=O) groups excluding carboxylic acids is 1. The predicted molar refractivity (Wildman–Crippen MR) is 70.8 cm³/mol. The third-order valence-electron chi connectivity index (χ3n) is 3.53. The topological polar surface area (TPSA) is 17.1 Å². The molecular formula is C16H17FO. The Morgan fingerprint density at radius 2 is 1.78 bits per heavy atom. The van der Waals surface area contributed by atoms with Crippen LogP contribution in [0.5, 0.6) is 0 Å². The van der Waals surface area contributed by atoms with E-state index in [2.05, 4.69) is 13.8 Å². The van der Waals surface area contributed by atoms with Crippen molar-refractivity contribution in [1.29, 1.82) is 0 Å². The summed E-state index contributed by atoms with van der Waals surface area (Å²) in [6.07, 6.45) is 5.61. The molecule has 0 aliphatic heterocycles. The lowest BCUT2D eigenvalue weighted by Crippen LogP contribution is -2.31. The Labute approximate surface area is 107 Å². The van der Waals surface area contributed by atoms with Crippen LogP contribution < -0.4 is 0 Å². The molecule has 0 fully saturated rings. The van der Waals surface area contributed by atoms with Gasteiger partial charge in [-0.2, -0.15) is 0 Å². The molecule has 0 amide bonds. The van der Waals surface area contributed by atoms with Crippen LogP contribution in [0, 0.1) is 11.7 Å². The normalized spacial score (nSPS) is 23.4. The molecule has 1 aliphatic rings. The maximum atomic E-state index is 12.9. The molecule has 1 aromatic carbocycles. The maximum absolute atomic E-state index is 12.9. The van der Waals surface area contributed by atoms with E-state index >= 15 is 0 Å². The Morgan fingerprint density at radius 1 is 1.17 bits per heavy atom. The average molecular weight is 244 g/mol. The lowest BCUT2D eigenvalue weighted by atomic mass is 9.74. The Kier molecular flexibility index (Phi) is 3.20. The van der Waals surface area contributed by atoms with Crippen molar-refractivity contribution in [3.8, 4) is 0 Å². The highest BCUT2D eigenvalue weighted by molar-refractivity contribution is 6.02. The Morgan fingerprint density at radius 3 is 2.28 bits per heavy atom. The van der Waals surface area contributed by atoms with E-state index in [4.69, 9.17) is 0 Å². The molecule has 2 heteroatoms. The first kappa shape index (κ1) is 12.7. The van der Waals surface area contributed by atoms with Gasteiger partial charge in [-0.25, -0.2) is 4.39 Å². The van der Waals surface area contributed by atoms with Crippen molar-refractivity contribution in [2.75, 3.05) is 0 Å². The maximum Gasteiger partial charge on any atom is 0.169 e. The molecule has 0 aromatic heterocycles. The molecule has 1 aliphatic carbocycles. The molecule has 0 heterocycles. The van der Waals surface area contributed by atoms with Crippen molar-refractivity contribution >= 4 is 5.78 Å². The monoisotopic (exact) mass is 244 g/mol. The van der Waals surface area contributed by atoms with Crippen LogP contribution in [0.4, 0.5) is 4.39 Å². The molecule has 0 radical (unpaired) electrons. The highest BCUT2D eigenvalue weighted by atomic mass is 19.1. The molecule has 94 valence electrons. The molecule has 0 spiro atoms. The van der Waals surface area contributed by atoms with Crippen molar-refractivity contribution in [3.05, 3.63) is 59.4 Å². The van der Waals surface area contributed by atoms with Gasteiger partial charge in [-0.05, 0) is 42.2 Å². The van der Waals surface area contributed by atoms with Crippen LogP contribution in [-0.2, 0) is 10.2 Å². The number of ketones is 1. The van der Waals surface area contributed by atoms with Crippen molar-refractivity contribution in [3.63, 3.8) is 0 Å². The van der Waals surface area contributed by atoms with Gasteiger partial charge in [0.15, 0.2) is 5.78 Å². The average Bonchev–Trinajstić information content (AvgIpc) is 2.33. The smallest absolute Gasteiger partial charge is 0.169 e. The van der Waals surface area contributed by atoms with Gasteiger partial charge in [-0.3, -0.25) is 4.79 Å². The summed E-state index contributed by atoms with van der Waals surface area (Å²) < 4.78 is 12.9. The molecule has 1 nitrogen and oxygen atoms in total. The van der Waals surface area contributed by atoms with E-state index in [1.54, 1.807) is 18.2 Å². The molecule has 1 atom stereocenters. The Hall–Kier alpha value is -1.70. The summed E-state index contributed by atoms with van der Waals surface area (Å²) in [5.74, 6) is 0.108. The number of benzene rings is 1. The second kappa shape index (κ2) is 4.52. The van der Waals surface area contributed by atoms with Gasteiger partial charge in [0.25, 0.3) is 0 Å². The number of halogens is 1. The summed E-state index contributed by atoms with van der Waals surface area (Å²) in [7, 11) is 0. The minimum absolute atomic E-state index is 0.0558. The van der Waals surface area contributed by atoms with E-state index in [0.29, 0.717) is 5.92 Å². The van der Waals surface area contributed by atoms with Gasteiger partial charge in [-0.15, -0.1) is 0 Å². The number of carbonyl (C=O) groups is 1. The van der Waals surface area contributed by atoms with Crippen LogP contribution in [0.25, 0.3) is 0 Å². The molecule has 0 N–H and O–H groups in total. The van der Waals surface area contributed by atoms with Crippen LogP contribution in [0.3, 0.4) is 0 Å². The third kappa shape index (κ3) is 2.15. The van der Waals surface area contributed by atoms with Crippen molar-refractivity contribution in [2.24, 2.45) is 5.92 Å². The van der Waals surface area contributed by atoms with E-state index in [-0.39, 0.29) is 11.6 Å². The first-order chi connectivity index (χ1) is 8.43. The van der Waals surface area contributed by atoms with Crippen molar-refractivity contribution < 1.29 is 9.18 Å². The quantitative estimate of drug-likeness (QED) is 0.773. The van der Waals surface area contributed by atoms with Gasteiger partial charge >= 0.3 is 0 Å². The standard InChI is InChI=1S/C16H17FO/c1-11(2)12-8-9-16(3,15(18)10-12)13-4-6-14(17)7-5-13/h4-11H,1-3H3. The van der Waals surface area contributed by atoms with Gasteiger partial charge in [0.1, 0.15) is 5.82 Å². The third-order valence-corrected chi connectivity index (χ3v) is 3.53. The fourth-order valence-electron chi connectivity index (χ4n) is 2.09. The van der Waals surface area contributed by atoms with E-state index in [1.165, 1.54) is 12.1 Å². The molecule has 0 saturated carbocycles. The summed E-state index contributed by atoms with van der Waals surface area (Å²) >= 11 is 0. The summed E-state index contributed by atoms with van der Waals surface area (Å²) in [4.78, 5) is 12.3. The summed E-state index contributed by atoms with van der Waals surface area (Å²) in [5.41, 5.74) is 1.19. The van der Waals surface area contributed by atoms with Gasteiger partial charge in [-0.1, -0.05) is 38.1 Å². The number of allylic oxidation sites excluding steroid dienone is 4. The molecule has 0 bridgehead atoms. The minimum atomic E-state index is -0.675. The van der Waals surface area contributed by atoms with Crippen LogP contribution in [-0.4, -0.2) is 5.78 Å². The Balaban J connectivity index is 2.38. The summed E-state index contributed by atoms with van der Waals surface area (Å²) in [5, 5.41) is 0. The molecule has 1 unspecified atom stereocenters. The molecule has 1 aromatic rings. The second-order valence-corrected chi connectivity index (χ2v) is 5.21. The highest BCUT2D eigenvalue weighted by Crippen LogP contribution is 2.32. The minimum Gasteiger partial charge on any atom is -0.293 e. The van der Waals surface area contributed by atoms with E-state index in [1.807, 2.05) is 19.1 Å². The molecule has 0 saturated heterocycles. The predicted octanol–water partition coefficient (Wildman–Crippen LogP) is 3.80. The zero-order valence-corrected chi connectivity index (χ0v) is 10.9. The molecule has 2 rings (SSSR count). The fraction of sp³-hybridized carbons (Fsp3) is 0.312. The van der Waals surface area contributed by atoms with Crippen LogP contribution in [0.15, 0.2) is 48.1 Å². The fourth-order valence-corrected chi connectivity index (χ4v) is 2.09. The van der Waals surface area contributed by atoms with Gasteiger partial charge in [0.2, 0.25) is 0 Å². The highest BCUT2D eigenvalue weighted by Gasteiger charge is 2.33. The Bertz CT molecular complexity index is 523. The second-order valence-electron chi connectivity index (χ2n) is 5.21. The summed E-state index contributed by atoms with van der Waals surface area (Å²) in [6, 6.07) is 6.13. The van der Waals surface area contributed by atoms with Crippen LogP contribution in [0.1, 0.15) is 26.3 Å². The zero-order valence-electron chi connectivity index (χ0n) is 10.9. The van der Waals surface area contributed by atoms with E-state index in [9.17, 15) is 9.18 Å².